The van der Waals surface area contributed by atoms with Crippen molar-refractivity contribution in [2.75, 3.05) is 17.7 Å². The van der Waals surface area contributed by atoms with Gasteiger partial charge >= 0.3 is 12.1 Å². The summed E-state index contributed by atoms with van der Waals surface area (Å²) in [5.41, 5.74) is 8.84. The lowest BCUT2D eigenvalue weighted by molar-refractivity contribution is -0.192. The minimum absolute atomic E-state index is 0.0307. The van der Waals surface area contributed by atoms with Gasteiger partial charge in [0.1, 0.15) is 18.5 Å². The molecule has 240 valence electrons. The Morgan fingerprint density at radius 3 is 2.36 bits per heavy atom. The number of anilines is 2. The number of ether oxygens (including phenoxy) is 2. The van der Waals surface area contributed by atoms with Crippen molar-refractivity contribution in [3.8, 4) is 11.5 Å². The van der Waals surface area contributed by atoms with E-state index in [1.54, 1.807) is 24.4 Å². The number of hydrogen-bond donors (Lipinski definition) is 4. The fraction of sp³-hybridized carbons (Fsp3) is 0.281. The third-order valence-electron chi connectivity index (χ3n) is 6.19. The maximum absolute atomic E-state index is 13.6. The van der Waals surface area contributed by atoms with Gasteiger partial charge in [0.25, 0.3) is 0 Å². The highest BCUT2D eigenvalue weighted by molar-refractivity contribution is 5.94. The van der Waals surface area contributed by atoms with Crippen LogP contribution in [0.15, 0.2) is 72.9 Å². The first kappa shape index (κ1) is 34.4. The summed E-state index contributed by atoms with van der Waals surface area (Å²) in [6, 6.07) is 19.4. The molecule has 0 saturated heterocycles. The lowest BCUT2D eigenvalue weighted by Crippen LogP contribution is -2.33. The number of halogens is 4. The van der Waals surface area contributed by atoms with Gasteiger partial charge in [0, 0.05) is 23.8 Å². The lowest BCUT2D eigenvalue weighted by atomic mass is 10.0. The molecule has 13 heteroatoms. The van der Waals surface area contributed by atoms with Gasteiger partial charge in [-0.15, -0.1) is 0 Å². The number of nitrogens with two attached hydrogens (primary N) is 1. The summed E-state index contributed by atoms with van der Waals surface area (Å²) >= 11 is 0. The number of carbonyl (C=O) groups excluding carboxylic acids is 1. The molecule has 45 heavy (non-hydrogen) atoms. The van der Waals surface area contributed by atoms with Crippen LogP contribution in [0.5, 0.6) is 11.5 Å². The standard InChI is InChI=1S/C30H33FN4O3.C2HF3O2/c1-4-37-27-16-23(8-11-26(27)38-19(2)3)28(30(36)34-18-21-7-5-6-20(14-21)17-31)35-24-9-10-25-22(15-24)12-13-33-29(25)32;3-2(4,5)1(6)7/h5-16,19,28,35H,4,17-18H2,1-3H3,(H2,32,33)(H,34,36);(H,6,7). The van der Waals surface area contributed by atoms with Crippen molar-refractivity contribution in [2.24, 2.45) is 0 Å². The maximum Gasteiger partial charge on any atom is 0.490 e. The quantitative estimate of drug-likeness (QED) is 0.137. The van der Waals surface area contributed by atoms with Gasteiger partial charge in [-0.05, 0) is 79.2 Å². The first-order chi connectivity index (χ1) is 21.3. The molecule has 0 fully saturated rings. The van der Waals surface area contributed by atoms with Gasteiger partial charge in [0.2, 0.25) is 5.91 Å². The van der Waals surface area contributed by atoms with Gasteiger partial charge in [-0.1, -0.05) is 30.3 Å². The largest absolute Gasteiger partial charge is 0.490 e. The van der Waals surface area contributed by atoms with Crippen LogP contribution in [-0.4, -0.2) is 40.9 Å². The molecule has 9 nitrogen and oxygen atoms in total. The van der Waals surface area contributed by atoms with Crippen LogP contribution in [-0.2, 0) is 22.8 Å². The molecule has 1 unspecified atom stereocenters. The molecule has 1 amide bonds. The Bertz CT molecular complexity index is 1610. The SMILES string of the molecule is CCOc1cc(C(Nc2ccc3c(N)nccc3c2)C(=O)NCc2cccc(CF)c2)ccc1OC(C)C.O=C(O)C(F)(F)F. The van der Waals surface area contributed by atoms with Gasteiger partial charge in [-0.2, -0.15) is 13.2 Å². The minimum atomic E-state index is -5.08. The monoisotopic (exact) mass is 630 g/mol. The fourth-order valence-electron chi connectivity index (χ4n) is 4.20. The number of aromatic nitrogens is 1. The van der Waals surface area contributed by atoms with Crippen molar-refractivity contribution in [3.05, 3.63) is 89.6 Å². The van der Waals surface area contributed by atoms with E-state index in [0.717, 1.165) is 22.0 Å². The Kier molecular flexibility index (Phi) is 11.9. The Morgan fingerprint density at radius 2 is 1.71 bits per heavy atom. The van der Waals surface area contributed by atoms with Gasteiger partial charge < -0.3 is 30.9 Å². The second-order valence-corrected chi connectivity index (χ2v) is 9.99. The number of pyridine rings is 1. The van der Waals surface area contributed by atoms with E-state index in [9.17, 15) is 22.4 Å². The minimum Gasteiger partial charge on any atom is -0.490 e. The number of nitrogens with zero attached hydrogens (tertiary/aromatic N) is 1. The molecule has 1 atom stereocenters. The Balaban J connectivity index is 0.000000707. The third kappa shape index (κ3) is 9.98. The third-order valence-corrected chi connectivity index (χ3v) is 6.19. The molecule has 0 spiro atoms. The molecule has 0 aliphatic heterocycles. The molecule has 1 aromatic heterocycles. The van der Waals surface area contributed by atoms with Crippen LogP contribution in [0.1, 0.15) is 43.5 Å². The maximum atomic E-state index is 13.6. The van der Waals surface area contributed by atoms with Crippen molar-refractivity contribution in [3.63, 3.8) is 0 Å². The number of aliphatic carboxylic acids is 1. The zero-order valence-corrected chi connectivity index (χ0v) is 24.8. The Labute approximate surface area is 257 Å². The van der Waals surface area contributed by atoms with Crippen LogP contribution in [0.2, 0.25) is 0 Å². The molecule has 0 aliphatic carbocycles. The molecule has 0 bridgehead atoms. The Morgan fingerprint density at radius 1 is 1.00 bits per heavy atom. The van der Waals surface area contributed by atoms with Gasteiger partial charge in [0.15, 0.2) is 11.5 Å². The van der Waals surface area contributed by atoms with Crippen molar-refractivity contribution in [2.45, 2.75) is 52.3 Å². The first-order valence-electron chi connectivity index (χ1n) is 13.9. The lowest BCUT2D eigenvalue weighted by Gasteiger charge is -2.22. The number of carboxylic acid groups (broad SMARTS) is 1. The van der Waals surface area contributed by atoms with Crippen molar-refractivity contribution < 1.29 is 41.7 Å². The Hall–Kier alpha value is -5.07. The first-order valence-corrected chi connectivity index (χ1v) is 13.9. The number of carbonyl (C=O) groups is 2. The van der Waals surface area contributed by atoms with Crippen molar-refractivity contribution in [1.29, 1.82) is 0 Å². The summed E-state index contributed by atoms with van der Waals surface area (Å²) in [6.45, 7) is 5.95. The summed E-state index contributed by atoms with van der Waals surface area (Å²) in [5.74, 6) is -1.38. The number of fused-ring (bicyclic) bond motifs is 1. The number of alkyl halides is 4. The second-order valence-electron chi connectivity index (χ2n) is 9.99. The molecule has 5 N–H and O–H groups in total. The number of nitrogen functional groups attached to an aromatic ring is 1. The number of amides is 1. The van der Waals surface area contributed by atoms with Crippen LogP contribution in [0, 0.1) is 0 Å². The average molecular weight is 631 g/mol. The molecule has 0 radical (unpaired) electrons. The zero-order valence-electron chi connectivity index (χ0n) is 24.8. The summed E-state index contributed by atoms with van der Waals surface area (Å²) < 4.78 is 56.6. The average Bonchev–Trinajstić information content (AvgIpc) is 2.99. The van der Waals surface area contributed by atoms with E-state index in [-0.39, 0.29) is 18.6 Å². The highest BCUT2D eigenvalue weighted by atomic mass is 19.4. The summed E-state index contributed by atoms with van der Waals surface area (Å²) in [7, 11) is 0. The van der Waals surface area contributed by atoms with E-state index in [1.165, 1.54) is 0 Å². The molecule has 3 aromatic carbocycles. The van der Waals surface area contributed by atoms with E-state index in [4.69, 9.17) is 25.1 Å². The normalized spacial score (nSPS) is 11.7. The topological polar surface area (TPSA) is 136 Å². The molecule has 4 aromatic rings. The van der Waals surface area contributed by atoms with Crippen LogP contribution < -0.4 is 25.8 Å². The molecule has 1 heterocycles. The number of hydrogen-bond acceptors (Lipinski definition) is 7. The van der Waals surface area contributed by atoms with Crippen LogP contribution in [0.25, 0.3) is 10.8 Å². The number of benzene rings is 3. The zero-order chi connectivity index (χ0) is 33.1. The van der Waals surface area contributed by atoms with E-state index in [0.29, 0.717) is 35.1 Å². The van der Waals surface area contributed by atoms with E-state index >= 15 is 0 Å². The van der Waals surface area contributed by atoms with Crippen LogP contribution in [0.3, 0.4) is 0 Å². The molecule has 0 saturated carbocycles. The number of nitrogens with one attached hydrogen (secondary N) is 2. The fourth-order valence-corrected chi connectivity index (χ4v) is 4.20. The highest BCUT2D eigenvalue weighted by Crippen LogP contribution is 2.33. The summed E-state index contributed by atoms with van der Waals surface area (Å²) in [6.07, 6.45) is -3.46. The molecular formula is C32H34F4N4O5. The smallest absolute Gasteiger partial charge is 0.490 e. The van der Waals surface area contributed by atoms with Gasteiger partial charge in [-0.25, -0.2) is 14.2 Å². The van der Waals surface area contributed by atoms with Gasteiger partial charge in [-0.3, -0.25) is 4.79 Å². The summed E-state index contributed by atoms with van der Waals surface area (Å²) in [5, 5.41) is 15.2. The van der Waals surface area contributed by atoms with Crippen molar-refractivity contribution in [1.82, 2.24) is 10.3 Å². The highest BCUT2D eigenvalue weighted by Gasteiger charge is 2.38. The van der Waals surface area contributed by atoms with E-state index in [1.807, 2.05) is 69.3 Å². The predicted octanol–water partition coefficient (Wildman–Crippen LogP) is 6.58. The van der Waals surface area contributed by atoms with Crippen LogP contribution >= 0.6 is 0 Å². The van der Waals surface area contributed by atoms with E-state index < -0.39 is 24.9 Å². The number of rotatable bonds is 11. The van der Waals surface area contributed by atoms with Gasteiger partial charge in [0.05, 0.1) is 12.7 Å². The molecule has 0 aliphatic rings. The van der Waals surface area contributed by atoms with Crippen molar-refractivity contribution >= 4 is 34.2 Å². The van der Waals surface area contributed by atoms with Crippen LogP contribution in [0.4, 0.5) is 29.1 Å². The molecular weight excluding hydrogens is 596 g/mol. The second kappa shape index (κ2) is 15.6. The molecule has 4 rings (SSSR count). The number of carboxylic acids is 1. The predicted molar refractivity (Wildman–Crippen MR) is 163 cm³/mol. The summed E-state index contributed by atoms with van der Waals surface area (Å²) in [4.78, 5) is 26.6. The van der Waals surface area contributed by atoms with E-state index in [2.05, 4.69) is 15.6 Å².